The van der Waals surface area contributed by atoms with Crippen molar-refractivity contribution in [3.63, 3.8) is 0 Å². The first-order valence-electron chi connectivity index (χ1n) is 10.2. The van der Waals surface area contributed by atoms with Crippen LogP contribution in [0.25, 0.3) is 0 Å². The second-order valence-corrected chi connectivity index (χ2v) is 8.62. The fourth-order valence-electron chi connectivity index (χ4n) is 4.82. The average molecular weight is 377 g/mol. The van der Waals surface area contributed by atoms with Crippen LogP contribution in [0.5, 0.6) is 5.75 Å². The van der Waals surface area contributed by atoms with Crippen molar-refractivity contribution in [2.75, 3.05) is 46.4 Å². The molecule has 1 aromatic rings. The Labute approximate surface area is 164 Å². The van der Waals surface area contributed by atoms with E-state index in [1.165, 1.54) is 16.7 Å². The minimum absolute atomic E-state index is 0.275. The first kappa shape index (κ1) is 20.6. The molecule has 0 aromatic heterocycles. The highest BCUT2D eigenvalue weighted by Gasteiger charge is 2.35. The van der Waals surface area contributed by atoms with Crippen LogP contribution in [0.3, 0.4) is 0 Å². The molecule has 2 aliphatic heterocycles. The van der Waals surface area contributed by atoms with Gasteiger partial charge in [0.05, 0.1) is 19.3 Å². The van der Waals surface area contributed by atoms with E-state index in [1.54, 1.807) is 7.11 Å². The maximum absolute atomic E-state index is 9.93. The summed E-state index contributed by atoms with van der Waals surface area (Å²) in [7, 11) is 1.73. The molecule has 4 atom stereocenters. The number of ether oxygens (including phenoxy) is 2. The van der Waals surface area contributed by atoms with Gasteiger partial charge in [-0.05, 0) is 62.3 Å². The molecule has 0 radical (unpaired) electrons. The molecule has 0 amide bonds. The van der Waals surface area contributed by atoms with Crippen molar-refractivity contribution >= 4 is 0 Å². The molecule has 0 aliphatic carbocycles. The second-order valence-electron chi connectivity index (χ2n) is 8.62. The zero-order valence-electron chi connectivity index (χ0n) is 17.6. The molecule has 5 nitrogen and oxygen atoms in total. The summed E-state index contributed by atoms with van der Waals surface area (Å²) in [6.45, 7) is 14.9. The van der Waals surface area contributed by atoms with E-state index in [1.807, 2.05) is 0 Å². The van der Waals surface area contributed by atoms with E-state index in [9.17, 15) is 5.11 Å². The van der Waals surface area contributed by atoms with Crippen LogP contribution in [0, 0.1) is 25.7 Å². The van der Waals surface area contributed by atoms with Gasteiger partial charge in [0.15, 0.2) is 0 Å². The molecular formula is C22H36N2O3. The molecule has 0 spiro atoms. The van der Waals surface area contributed by atoms with Gasteiger partial charge in [-0.3, -0.25) is 9.80 Å². The number of hydrogen-bond acceptors (Lipinski definition) is 5. The zero-order valence-corrected chi connectivity index (χ0v) is 17.6. The van der Waals surface area contributed by atoms with E-state index in [0.717, 1.165) is 45.0 Å². The number of rotatable bonds is 6. The Balaban J connectivity index is 1.63. The van der Waals surface area contributed by atoms with Crippen LogP contribution in [0.15, 0.2) is 12.1 Å². The van der Waals surface area contributed by atoms with Crippen molar-refractivity contribution in [1.82, 2.24) is 9.80 Å². The molecule has 1 aromatic carbocycles. The first-order valence-corrected chi connectivity index (χ1v) is 10.2. The largest absolute Gasteiger partial charge is 0.496 e. The number of aryl methyl sites for hydroxylation is 2. The summed E-state index contributed by atoms with van der Waals surface area (Å²) in [5.41, 5.74) is 3.82. The van der Waals surface area contributed by atoms with Crippen molar-refractivity contribution in [1.29, 1.82) is 0 Å². The van der Waals surface area contributed by atoms with Crippen LogP contribution in [0.2, 0.25) is 0 Å². The van der Waals surface area contributed by atoms with E-state index in [0.29, 0.717) is 24.0 Å². The van der Waals surface area contributed by atoms with Crippen LogP contribution in [0.1, 0.15) is 30.5 Å². The van der Waals surface area contributed by atoms with Gasteiger partial charge >= 0.3 is 0 Å². The number of aliphatic hydroxyl groups is 1. The van der Waals surface area contributed by atoms with Gasteiger partial charge in [-0.2, -0.15) is 0 Å². The third-order valence-corrected chi connectivity index (χ3v) is 6.12. The number of methoxy groups -OCH3 is 1. The number of likely N-dealkylation sites (tertiary alicyclic amines) is 1. The lowest BCUT2D eigenvalue weighted by molar-refractivity contribution is -0.0727. The van der Waals surface area contributed by atoms with Gasteiger partial charge < -0.3 is 14.6 Å². The summed E-state index contributed by atoms with van der Waals surface area (Å²) in [6, 6.07) is 4.39. The maximum atomic E-state index is 9.93. The number of hydrogen-bond donors (Lipinski definition) is 1. The van der Waals surface area contributed by atoms with Crippen LogP contribution in [-0.2, 0) is 11.3 Å². The van der Waals surface area contributed by atoms with E-state index in [-0.39, 0.29) is 6.61 Å². The van der Waals surface area contributed by atoms with Crippen molar-refractivity contribution < 1.29 is 14.6 Å². The van der Waals surface area contributed by atoms with Crippen LogP contribution in [-0.4, -0.2) is 73.6 Å². The van der Waals surface area contributed by atoms with Crippen LogP contribution >= 0.6 is 0 Å². The molecule has 0 saturated carbocycles. The molecule has 0 unspecified atom stereocenters. The maximum Gasteiger partial charge on any atom is 0.122 e. The van der Waals surface area contributed by atoms with Crippen LogP contribution < -0.4 is 4.74 Å². The van der Waals surface area contributed by atoms with Gasteiger partial charge in [0, 0.05) is 45.9 Å². The Morgan fingerprint density at radius 1 is 1.00 bits per heavy atom. The van der Waals surface area contributed by atoms with Gasteiger partial charge in [0.1, 0.15) is 5.75 Å². The normalized spacial score (nSPS) is 30.0. The molecular weight excluding hydrogens is 340 g/mol. The number of nitrogens with zero attached hydrogens (tertiary/aromatic N) is 2. The van der Waals surface area contributed by atoms with Gasteiger partial charge in [-0.15, -0.1) is 0 Å². The van der Waals surface area contributed by atoms with Crippen molar-refractivity contribution in [3.8, 4) is 5.75 Å². The third-order valence-electron chi connectivity index (χ3n) is 6.12. The molecule has 2 saturated heterocycles. The smallest absolute Gasteiger partial charge is 0.122 e. The summed E-state index contributed by atoms with van der Waals surface area (Å²) in [4.78, 5) is 5.03. The highest BCUT2D eigenvalue weighted by molar-refractivity contribution is 5.41. The highest BCUT2D eigenvalue weighted by Crippen LogP contribution is 2.29. The second kappa shape index (κ2) is 8.91. The summed E-state index contributed by atoms with van der Waals surface area (Å²) in [6.07, 6.45) is 0.590. The molecule has 2 aliphatic rings. The molecule has 2 heterocycles. The zero-order chi connectivity index (χ0) is 19.6. The minimum atomic E-state index is 0.275. The first-order chi connectivity index (χ1) is 12.9. The molecule has 3 rings (SSSR count). The van der Waals surface area contributed by atoms with Gasteiger partial charge in [0.25, 0.3) is 0 Å². The molecule has 152 valence electrons. The van der Waals surface area contributed by atoms with Crippen molar-refractivity contribution in [2.45, 2.75) is 46.4 Å². The summed E-state index contributed by atoms with van der Waals surface area (Å²) in [5.74, 6) is 1.84. The Hall–Kier alpha value is -1.14. The molecule has 1 N–H and O–H groups in total. The quantitative estimate of drug-likeness (QED) is 0.826. The fraction of sp³-hybridized carbons (Fsp3) is 0.727. The summed E-state index contributed by atoms with van der Waals surface area (Å²) >= 11 is 0. The Morgan fingerprint density at radius 2 is 1.67 bits per heavy atom. The van der Waals surface area contributed by atoms with E-state index in [2.05, 4.69) is 49.6 Å². The number of morpholine rings is 1. The minimum Gasteiger partial charge on any atom is -0.496 e. The summed E-state index contributed by atoms with van der Waals surface area (Å²) in [5, 5.41) is 9.93. The molecule has 0 bridgehead atoms. The predicted octanol–water partition coefficient (Wildman–Crippen LogP) is 2.46. The number of aliphatic hydroxyl groups excluding tert-OH is 1. The van der Waals surface area contributed by atoms with E-state index >= 15 is 0 Å². The van der Waals surface area contributed by atoms with Gasteiger partial charge in [0.2, 0.25) is 0 Å². The molecule has 2 fully saturated rings. The van der Waals surface area contributed by atoms with Crippen molar-refractivity contribution in [3.05, 3.63) is 28.8 Å². The average Bonchev–Trinajstić information content (AvgIpc) is 2.98. The third kappa shape index (κ3) is 5.02. The highest BCUT2D eigenvalue weighted by atomic mass is 16.5. The molecule has 27 heavy (non-hydrogen) atoms. The Kier molecular flexibility index (Phi) is 6.79. The van der Waals surface area contributed by atoms with Crippen LogP contribution in [0.4, 0.5) is 0 Å². The van der Waals surface area contributed by atoms with Gasteiger partial charge in [-0.1, -0.05) is 6.07 Å². The topological polar surface area (TPSA) is 45.2 Å². The lowest BCUT2D eigenvalue weighted by atomic mass is 9.96. The van der Waals surface area contributed by atoms with Gasteiger partial charge in [-0.25, -0.2) is 0 Å². The standard InChI is InChI=1S/C22H36N2O3/c1-15-7-22(26-5)16(2)6-19(15)10-24-12-20(21(13-24)14-25)11-23-8-17(3)27-18(4)9-23/h6-7,17-18,20-21,25H,8-14H2,1-5H3/t17-,18+,20-,21-/m1/s1. The predicted molar refractivity (Wildman–Crippen MR) is 108 cm³/mol. The Morgan fingerprint density at radius 3 is 2.30 bits per heavy atom. The SMILES string of the molecule is COc1cc(C)c(CN2C[C@H](CO)[C@H](CN3C[C@@H](C)O[C@@H](C)C3)C2)cc1C. The monoisotopic (exact) mass is 376 g/mol. The Bertz CT molecular complexity index is 626. The summed E-state index contributed by atoms with van der Waals surface area (Å²) < 4.78 is 11.3. The molecule has 5 heteroatoms. The van der Waals surface area contributed by atoms with E-state index in [4.69, 9.17) is 9.47 Å². The van der Waals surface area contributed by atoms with Crippen molar-refractivity contribution in [2.24, 2.45) is 11.8 Å². The number of benzene rings is 1. The lowest BCUT2D eigenvalue weighted by Gasteiger charge is -2.37. The lowest BCUT2D eigenvalue weighted by Crippen LogP contribution is -2.48. The van der Waals surface area contributed by atoms with E-state index < -0.39 is 0 Å². The fourth-order valence-corrected chi connectivity index (χ4v) is 4.82.